The summed E-state index contributed by atoms with van der Waals surface area (Å²) >= 11 is 0. The zero-order chi connectivity index (χ0) is 31.7. The SMILES string of the molecule is CCCCC(CC)COc1ccc(-c2nc(-c3ccc(-c4ccccc4)cc3)nc(-c3ccc(-c4ccccc4)cc3)n2)c(C)c1. The van der Waals surface area contributed by atoms with E-state index >= 15 is 0 Å². The first-order valence-corrected chi connectivity index (χ1v) is 16.4. The van der Waals surface area contributed by atoms with E-state index in [1.54, 1.807) is 0 Å². The molecule has 0 aliphatic rings. The average molecular weight is 604 g/mol. The van der Waals surface area contributed by atoms with Crippen LogP contribution in [0.1, 0.15) is 45.1 Å². The Morgan fingerprint density at radius 3 is 1.50 bits per heavy atom. The minimum atomic E-state index is 0.579. The molecule has 0 aliphatic heterocycles. The van der Waals surface area contributed by atoms with Gasteiger partial charge in [0.2, 0.25) is 0 Å². The molecule has 1 unspecified atom stereocenters. The van der Waals surface area contributed by atoms with Crippen LogP contribution in [0, 0.1) is 12.8 Å². The average Bonchev–Trinajstić information content (AvgIpc) is 3.12. The van der Waals surface area contributed by atoms with Crippen molar-refractivity contribution in [1.29, 1.82) is 0 Å². The normalized spacial score (nSPS) is 11.7. The summed E-state index contributed by atoms with van der Waals surface area (Å²) in [5, 5.41) is 0. The number of hydrogen-bond acceptors (Lipinski definition) is 4. The van der Waals surface area contributed by atoms with Crippen molar-refractivity contribution in [2.75, 3.05) is 6.61 Å². The Morgan fingerprint density at radius 1 is 0.543 bits per heavy atom. The lowest BCUT2D eigenvalue weighted by molar-refractivity contribution is 0.233. The summed E-state index contributed by atoms with van der Waals surface area (Å²) in [4.78, 5) is 15.0. The Hall–Kier alpha value is -5.09. The molecule has 1 heterocycles. The van der Waals surface area contributed by atoms with E-state index in [9.17, 15) is 0 Å². The number of aryl methyl sites for hydroxylation is 1. The van der Waals surface area contributed by atoms with E-state index in [4.69, 9.17) is 19.7 Å². The number of nitrogens with zero attached hydrogens (tertiary/aromatic N) is 3. The van der Waals surface area contributed by atoms with Gasteiger partial charge < -0.3 is 4.74 Å². The Balaban J connectivity index is 1.34. The Morgan fingerprint density at radius 2 is 1.02 bits per heavy atom. The van der Waals surface area contributed by atoms with Crippen LogP contribution in [0.2, 0.25) is 0 Å². The standard InChI is InChI=1S/C42H41N3O/c1-4-6-13-31(5-2)29-46-38-26-27-39(30(3)28-38)42-44-40(36-22-18-34(19-23-36)32-14-9-7-10-15-32)43-41(45-42)37-24-20-35(21-25-37)33-16-11-8-12-17-33/h7-12,14-28,31H,4-6,13,29H2,1-3H3. The maximum Gasteiger partial charge on any atom is 0.164 e. The quantitative estimate of drug-likeness (QED) is 0.140. The molecule has 46 heavy (non-hydrogen) atoms. The Kier molecular flexibility index (Phi) is 9.94. The molecule has 6 aromatic rings. The maximum absolute atomic E-state index is 6.26. The van der Waals surface area contributed by atoms with Crippen LogP contribution in [-0.4, -0.2) is 21.6 Å². The highest BCUT2D eigenvalue weighted by Gasteiger charge is 2.15. The number of unbranched alkanes of at least 4 members (excludes halogenated alkanes) is 1. The summed E-state index contributed by atoms with van der Waals surface area (Å²) in [5.74, 6) is 3.41. The highest BCUT2D eigenvalue weighted by molar-refractivity contribution is 5.73. The number of benzene rings is 5. The van der Waals surface area contributed by atoms with E-state index in [0.29, 0.717) is 23.4 Å². The van der Waals surface area contributed by atoms with Crippen molar-refractivity contribution in [3.63, 3.8) is 0 Å². The molecule has 0 amide bonds. The first-order chi connectivity index (χ1) is 22.6. The molecule has 4 heteroatoms. The highest BCUT2D eigenvalue weighted by atomic mass is 16.5. The third-order valence-corrected chi connectivity index (χ3v) is 8.60. The zero-order valence-electron chi connectivity index (χ0n) is 27.0. The van der Waals surface area contributed by atoms with Crippen LogP contribution in [0.15, 0.2) is 127 Å². The van der Waals surface area contributed by atoms with Gasteiger partial charge in [-0.1, -0.05) is 142 Å². The van der Waals surface area contributed by atoms with Crippen molar-refractivity contribution >= 4 is 0 Å². The van der Waals surface area contributed by atoms with E-state index in [2.05, 4.69) is 130 Å². The van der Waals surface area contributed by atoms with E-state index in [-0.39, 0.29) is 0 Å². The molecular formula is C42H41N3O. The van der Waals surface area contributed by atoms with Gasteiger partial charge in [-0.2, -0.15) is 0 Å². The van der Waals surface area contributed by atoms with Crippen LogP contribution in [0.3, 0.4) is 0 Å². The predicted octanol–water partition coefficient (Wildman–Crippen LogP) is 11.1. The third kappa shape index (κ3) is 7.40. The van der Waals surface area contributed by atoms with Gasteiger partial charge in [0.15, 0.2) is 17.5 Å². The van der Waals surface area contributed by atoms with E-state index in [0.717, 1.165) is 52.2 Å². The lowest BCUT2D eigenvalue weighted by Gasteiger charge is -2.16. The maximum atomic E-state index is 6.26. The van der Waals surface area contributed by atoms with Crippen molar-refractivity contribution in [2.45, 2.75) is 46.5 Å². The molecule has 0 saturated heterocycles. The lowest BCUT2D eigenvalue weighted by Crippen LogP contribution is -2.11. The minimum absolute atomic E-state index is 0.579. The molecule has 0 saturated carbocycles. The fraction of sp³-hybridized carbons (Fsp3) is 0.214. The van der Waals surface area contributed by atoms with Crippen molar-refractivity contribution in [1.82, 2.24) is 15.0 Å². The smallest absolute Gasteiger partial charge is 0.164 e. The second kappa shape index (κ2) is 14.8. The molecule has 0 N–H and O–H groups in total. The van der Waals surface area contributed by atoms with Crippen LogP contribution < -0.4 is 4.74 Å². The second-order valence-electron chi connectivity index (χ2n) is 11.9. The first kappa shape index (κ1) is 30.9. The van der Waals surface area contributed by atoms with Crippen molar-refractivity contribution < 1.29 is 4.74 Å². The summed E-state index contributed by atoms with van der Waals surface area (Å²) < 4.78 is 6.26. The fourth-order valence-electron chi connectivity index (χ4n) is 5.73. The summed E-state index contributed by atoms with van der Waals surface area (Å²) in [6.45, 7) is 7.34. The first-order valence-electron chi connectivity index (χ1n) is 16.4. The van der Waals surface area contributed by atoms with Gasteiger partial charge in [0.25, 0.3) is 0 Å². The molecule has 1 aromatic heterocycles. The topological polar surface area (TPSA) is 47.9 Å². The molecule has 6 rings (SSSR count). The van der Waals surface area contributed by atoms with Crippen molar-refractivity contribution in [3.05, 3.63) is 133 Å². The minimum Gasteiger partial charge on any atom is -0.493 e. The van der Waals surface area contributed by atoms with Gasteiger partial charge in [-0.15, -0.1) is 0 Å². The number of aromatic nitrogens is 3. The van der Waals surface area contributed by atoms with Crippen molar-refractivity contribution in [3.8, 4) is 62.2 Å². The van der Waals surface area contributed by atoms with E-state index < -0.39 is 0 Å². The molecule has 0 spiro atoms. The van der Waals surface area contributed by atoms with E-state index in [1.807, 2.05) is 18.2 Å². The predicted molar refractivity (Wildman–Crippen MR) is 191 cm³/mol. The summed E-state index contributed by atoms with van der Waals surface area (Å²) in [6, 6.07) is 43.9. The van der Waals surface area contributed by atoms with Crippen LogP contribution in [0.25, 0.3) is 56.4 Å². The summed E-state index contributed by atoms with van der Waals surface area (Å²) in [6.07, 6.45) is 4.80. The molecular weight excluding hydrogens is 562 g/mol. The molecule has 4 nitrogen and oxygen atoms in total. The van der Waals surface area contributed by atoms with Gasteiger partial charge in [-0.05, 0) is 65.3 Å². The Labute approximate surface area is 273 Å². The van der Waals surface area contributed by atoms with Crippen LogP contribution in [0.4, 0.5) is 0 Å². The van der Waals surface area contributed by atoms with Crippen LogP contribution in [-0.2, 0) is 0 Å². The largest absolute Gasteiger partial charge is 0.493 e. The van der Waals surface area contributed by atoms with Gasteiger partial charge in [0.1, 0.15) is 5.75 Å². The van der Waals surface area contributed by atoms with Crippen LogP contribution in [0.5, 0.6) is 5.75 Å². The van der Waals surface area contributed by atoms with Gasteiger partial charge in [-0.25, -0.2) is 15.0 Å². The van der Waals surface area contributed by atoms with Gasteiger partial charge in [0, 0.05) is 16.7 Å². The number of hydrogen-bond donors (Lipinski definition) is 0. The zero-order valence-corrected chi connectivity index (χ0v) is 27.0. The van der Waals surface area contributed by atoms with Gasteiger partial charge in [-0.3, -0.25) is 0 Å². The molecule has 1 atom stereocenters. The van der Waals surface area contributed by atoms with Crippen molar-refractivity contribution in [2.24, 2.45) is 5.92 Å². The Bertz CT molecular complexity index is 1750. The lowest BCUT2D eigenvalue weighted by atomic mass is 10.0. The summed E-state index contributed by atoms with van der Waals surface area (Å²) in [7, 11) is 0. The van der Waals surface area contributed by atoms with Gasteiger partial charge in [0.05, 0.1) is 6.61 Å². The number of ether oxygens (including phenoxy) is 1. The van der Waals surface area contributed by atoms with E-state index in [1.165, 1.54) is 30.4 Å². The van der Waals surface area contributed by atoms with Crippen LogP contribution >= 0.6 is 0 Å². The number of rotatable bonds is 12. The molecule has 0 aliphatic carbocycles. The van der Waals surface area contributed by atoms with Gasteiger partial charge >= 0.3 is 0 Å². The molecule has 5 aromatic carbocycles. The molecule has 0 fully saturated rings. The molecule has 230 valence electrons. The molecule has 0 radical (unpaired) electrons. The monoisotopic (exact) mass is 603 g/mol. The summed E-state index contributed by atoms with van der Waals surface area (Å²) in [5.41, 5.74) is 8.60. The fourth-order valence-corrected chi connectivity index (χ4v) is 5.73. The highest BCUT2D eigenvalue weighted by Crippen LogP contribution is 2.31. The second-order valence-corrected chi connectivity index (χ2v) is 11.9. The third-order valence-electron chi connectivity index (χ3n) is 8.60. The molecule has 0 bridgehead atoms.